The molecule has 1 aromatic carbocycles. The first-order chi connectivity index (χ1) is 16.8. The number of aromatic nitrogens is 2. The molecule has 3 aromatic rings. The Kier molecular flexibility index (Phi) is 6.51. The van der Waals surface area contributed by atoms with E-state index in [9.17, 15) is 9.59 Å². The predicted octanol–water partition coefficient (Wildman–Crippen LogP) is 5.14. The lowest BCUT2D eigenvalue weighted by atomic mass is 9.91. The van der Waals surface area contributed by atoms with Crippen molar-refractivity contribution in [3.8, 4) is 0 Å². The maximum atomic E-state index is 13.7. The van der Waals surface area contributed by atoms with Gasteiger partial charge in [-0.3, -0.25) is 18.9 Å². The van der Waals surface area contributed by atoms with Gasteiger partial charge in [-0.1, -0.05) is 74.2 Å². The van der Waals surface area contributed by atoms with Crippen molar-refractivity contribution in [1.29, 1.82) is 0 Å². The highest BCUT2D eigenvalue weighted by molar-refractivity contribution is 8.26. The van der Waals surface area contributed by atoms with Gasteiger partial charge in [-0.15, -0.1) is 0 Å². The van der Waals surface area contributed by atoms with Gasteiger partial charge in [0.1, 0.15) is 15.8 Å². The van der Waals surface area contributed by atoms with E-state index >= 15 is 0 Å². The highest BCUT2D eigenvalue weighted by Crippen LogP contribution is 2.38. The average molecular weight is 505 g/mol. The Hall–Kier alpha value is -2.97. The minimum Gasteiger partial charge on any atom is -0.355 e. The highest BCUT2D eigenvalue weighted by atomic mass is 32.2. The summed E-state index contributed by atoms with van der Waals surface area (Å²) in [6.45, 7) is 8.08. The SMILES string of the molecule is CC1CC(C)CN(c2nc3ccccn3c(=O)c2/C=C2/SC(=S)N(C(C)c3ccccc3)C2=O)C1. The Morgan fingerprint density at radius 1 is 1.06 bits per heavy atom. The van der Waals surface area contributed by atoms with Crippen LogP contribution in [0.4, 0.5) is 5.82 Å². The molecule has 2 aliphatic heterocycles. The summed E-state index contributed by atoms with van der Waals surface area (Å²) in [5.74, 6) is 1.45. The van der Waals surface area contributed by atoms with E-state index in [0.29, 0.717) is 38.1 Å². The average Bonchev–Trinajstić information content (AvgIpc) is 3.12. The molecule has 180 valence electrons. The fourth-order valence-corrected chi connectivity index (χ4v) is 6.52. The van der Waals surface area contributed by atoms with Crippen LogP contribution in [0.5, 0.6) is 0 Å². The Balaban J connectivity index is 1.59. The lowest BCUT2D eigenvalue weighted by Gasteiger charge is -2.36. The minimum atomic E-state index is -0.200. The van der Waals surface area contributed by atoms with E-state index in [1.807, 2.05) is 55.5 Å². The number of thiocarbonyl (C=S) groups is 1. The largest absolute Gasteiger partial charge is 0.355 e. The molecule has 2 aliphatic rings. The summed E-state index contributed by atoms with van der Waals surface area (Å²) in [6, 6.07) is 15.2. The van der Waals surface area contributed by atoms with Gasteiger partial charge in [0.15, 0.2) is 0 Å². The minimum absolute atomic E-state index is 0.180. The maximum absolute atomic E-state index is 13.7. The van der Waals surface area contributed by atoms with Crippen LogP contribution in [0.2, 0.25) is 0 Å². The van der Waals surface area contributed by atoms with Gasteiger partial charge in [0, 0.05) is 19.3 Å². The van der Waals surface area contributed by atoms with Gasteiger partial charge >= 0.3 is 0 Å². The lowest BCUT2D eigenvalue weighted by Crippen LogP contribution is -2.40. The van der Waals surface area contributed by atoms with Gasteiger partial charge in [0.05, 0.1) is 16.5 Å². The Bertz CT molecular complexity index is 1370. The van der Waals surface area contributed by atoms with E-state index < -0.39 is 0 Å². The van der Waals surface area contributed by atoms with Crippen molar-refractivity contribution >= 4 is 51.7 Å². The van der Waals surface area contributed by atoms with E-state index in [1.54, 1.807) is 21.6 Å². The summed E-state index contributed by atoms with van der Waals surface area (Å²) in [7, 11) is 0. The third kappa shape index (κ3) is 4.52. The van der Waals surface area contributed by atoms with Crippen LogP contribution in [-0.4, -0.2) is 37.6 Å². The summed E-state index contributed by atoms with van der Waals surface area (Å²) in [5, 5.41) is 0. The molecule has 5 rings (SSSR count). The van der Waals surface area contributed by atoms with E-state index in [4.69, 9.17) is 17.2 Å². The Labute approximate surface area is 214 Å². The number of hydrogen-bond donors (Lipinski definition) is 0. The molecule has 1 amide bonds. The van der Waals surface area contributed by atoms with Crippen LogP contribution in [0.1, 0.15) is 44.4 Å². The molecule has 0 saturated carbocycles. The van der Waals surface area contributed by atoms with Gasteiger partial charge in [-0.2, -0.15) is 0 Å². The zero-order valence-corrected chi connectivity index (χ0v) is 21.7. The lowest BCUT2D eigenvalue weighted by molar-refractivity contribution is -0.123. The summed E-state index contributed by atoms with van der Waals surface area (Å²) >= 11 is 6.85. The predicted molar refractivity (Wildman–Crippen MR) is 146 cm³/mol. The molecule has 3 atom stereocenters. The molecule has 0 radical (unpaired) electrons. The monoisotopic (exact) mass is 504 g/mol. The number of rotatable bonds is 4. The Morgan fingerprint density at radius 3 is 2.46 bits per heavy atom. The number of amides is 1. The van der Waals surface area contributed by atoms with Gasteiger partial charge in [-0.05, 0) is 49.0 Å². The third-order valence-corrected chi connectivity index (χ3v) is 8.02. The molecule has 2 aromatic heterocycles. The molecule has 8 heteroatoms. The number of thioether (sulfide) groups is 1. The maximum Gasteiger partial charge on any atom is 0.267 e. The van der Waals surface area contributed by atoms with Gasteiger partial charge < -0.3 is 4.90 Å². The summed E-state index contributed by atoms with van der Waals surface area (Å²) in [6.07, 6.45) is 4.56. The van der Waals surface area contributed by atoms with E-state index in [0.717, 1.165) is 25.1 Å². The van der Waals surface area contributed by atoms with E-state index in [1.165, 1.54) is 11.8 Å². The zero-order chi connectivity index (χ0) is 24.7. The number of pyridine rings is 1. The second-order valence-corrected chi connectivity index (χ2v) is 11.2. The number of carbonyl (C=O) groups excluding carboxylic acids is 1. The first-order valence-corrected chi connectivity index (χ1v) is 13.1. The molecule has 4 heterocycles. The highest BCUT2D eigenvalue weighted by Gasteiger charge is 2.37. The number of hydrogen-bond acceptors (Lipinski definition) is 6. The molecular formula is C27H28N4O2S2. The van der Waals surface area contributed by atoms with Gasteiger partial charge in [0.2, 0.25) is 0 Å². The molecule has 0 spiro atoms. The molecular weight excluding hydrogens is 476 g/mol. The van der Waals surface area contributed by atoms with Crippen LogP contribution in [-0.2, 0) is 4.79 Å². The molecule has 0 N–H and O–H groups in total. The smallest absolute Gasteiger partial charge is 0.267 e. The third-order valence-electron chi connectivity index (χ3n) is 6.69. The summed E-state index contributed by atoms with van der Waals surface area (Å²) < 4.78 is 2.03. The first kappa shape index (κ1) is 23.8. The van der Waals surface area contributed by atoms with E-state index in [-0.39, 0.29) is 17.5 Å². The first-order valence-electron chi connectivity index (χ1n) is 11.9. The van der Waals surface area contributed by atoms with Crippen molar-refractivity contribution in [2.24, 2.45) is 11.8 Å². The van der Waals surface area contributed by atoms with Gasteiger partial charge in [0.25, 0.3) is 11.5 Å². The molecule has 6 nitrogen and oxygen atoms in total. The number of anilines is 1. The van der Waals surface area contributed by atoms with Crippen molar-refractivity contribution in [2.45, 2.75) is 33.2 Å². The standard InChI is InChI=1S/C27H28N4O2S2/c1-17-13-18(2)16-29(15-17)24-21(25(32)30-12-8-7-11-23(30)28-24)14-22-26(33)31(27(34)35-22)19(3)20-9-5-4-6-10-20/h4-12,14,17-19H,13,15-16H2,1-3H3/b22-14+. The molecule has 2 saturated heterocycles. The number of fused-ring (bicyclic) bond motifs is 1. The molecule has 2 fully saturated rings. The zero-order valence-electron chi connectivity index (χ0n) is 20.0. The van der Waals surface area contributed by atoms with Crippen LogP contribution in [0.3, 0.4) is 0 Å². The van der Waals surface area contributed by atoms with Crippen molar-refractivity contribution in [3.63, 3.8) is 0 Å². The molecule has 0 bridgehead atoms. The Morgan fingerprint density at radius 2 is 1.74 bits per heavy atom. The number of nitrogens with zero attached hydrogens (tertiary/aromatic N) is 4. The molecule has 3 unspecified atom stereocenters. The number of benzene rings is 1. The van der Waals surface area contributed by atoms with Crippen LogP contribution >= 0.6 is 24.0 Å². The number of piperidine rings is 1. The topological polar surface area (TPSA) is 57.9 Å². The van der Waals surface area contributed by atoms with Crippen molar-refractivity contribution in [3.05, 3.63) is 81.1 Å². The normalized spacial score (nSPS) is 22.9. The van der Waals surface area contributed by atoms with Crippen molar-refractivity contribution in [2.75, 3.05) is 18.0 Å². The summed E-state index contributed by atoms with van der Waals surface area (Å²) in [4.78, 5) is 36.3. The van der Waals surface area contributed by atoms with Crippen LogP contribution in [0, 0.1) is 11.8 Å². The fraction of sp³-hybridized carbons (Fsp3) is 0.333. The second kappa shape index (κ2) is 9.59. The van der Waals surface area contributed by atoms with Crippen LogP contribution < -0.4 is 10.5 Å². The van der Waals surface area contributed by atoms with Gasteiger partial charge in [-0.25, -0.2) is 4.98 Å². The van der Waals surface area contributed by atoms with Crippen molar-refractivity contribution in [1.82, 2.24) is 14.3 Å². The van der Waals surface area contributed by atoms with Crippen LogP contribution in [0.25, 0.3) is 11.7 Å². The molecule has 0 aliphatic carbocycles. The summed E-state index contributed by atoms with van der Waals surface area (Å²) in [5.41, 5.74) is 1.86. The number of carbonyl (C=O) groups is 1. The quantitative estimate of drug-likeness (QED) is 0.362. The van der Waals surface area contributed by atoms with E-state index in [2.05, 4.69) is 18.7 Å². The molecule has 35 heavy (non-hydrogen) atoms. The van der Waals surface area contributed by atoms with Crippen molar-refractivity contribution < 1.29 is 4.79 Å². The van der Waals surface area contributed by atoms with Crippen LogP contribution in [0.15, 0.2) is 64.4 Å². The second-order valence-electron chi connectivity index (χ2n) is 9.57. The fourth-order valence-electron chi connectivity index (χ4n) is 5.12.